The summed E-state index contributed by atoms with van der Waals surface area (Å²) in [6.07, 6.45) is 63.7. The number of esters is 4. The number of ether oxygens (including phenoxy) is 4. The van der Waals surface area contributed by atoms with E-state index in [9.17, 15) is 43.2 Å². The molecule has 0 bridgehead atoms. The second-order valence-corrected chi connectivity index (χ2v) is 33.1. The summed E-state index contributed by atoms with van der Waals surface area (Å²) in [5, 5.41) is 10.6. The normalized spacial score (nSPS) is 14.2. The van der Waals surface area contributed by atoms with Crippen molar-refractivity contribution in [1.29, 1.82) is 0 Å². The molecule has 0 aromatic carbocycles. The maximum Gasteiger partial charge on any atom is 0.472 e. The lowest BCUT2D eigenvalue weighted by Gasteiger charge is -2.21. The molecule has 0 saturated heterocycles. The van der Waals surface area contributed by atoms with Crippen molar-refractivity contribution in [3.05, 3.63) is 0 Å². The Labute approximate surface area is 619 Å². The smallest absolute Gasteiger partial charge is 0.462 e. The highest BCUT2D eigenvalue weighted by atomic mass is 31.2. The molecule has 600 valence electrons. The fourth-order valence-corrected chi connectivity index (χ4v) is 14.3. The molecule has 3 unspecified atom stereocenters. The van der Waals surface area contributed by atoms with Crippen molar-refractivity contribution in [1.82, 2.24) is 0 Å². The van der Waals surface area contributed by atoms with Crippen molar-refractivity contribution < 1.29 is 80.2 Å². The Kier molecular flexibility index (Phi) is 72.2. The van der Waals surface area contributed by atoms with E-state index >= 15 is 0 Å². The Balaban J connectivity index is 5.21. The molecule has 0 spiro atoms. The van der Waals surface area contributed by atoms with Crippen LogP contribution in [0.2, 0.25) is 0 Å². The van der Waals surface area contributed by atoms with Gasteiger partial charge in [0, 0.05) is 25.7 Å². The van der Waals surface area contributed by atoms with E-state index in [4.69, 9.17) is 37.0 Å². The van der Waals surface area contributed by atoms with Crippen LogP contribution in [0.1, 0.15) is 433 Å². The van der Waals surface area contributed by atoms with Crippen LogP contribution in [0.25, 0.3) is 0 Å². The minimum absolute atomic E-state index is 0.108. The molecule has 0 heterocycles. The number of rotatable bonds is 81. The third kappa shape index (κ3) is 74.7. The number of phosphoric acid groups is 2. The van der Waals surface area contributed by atoms with Crippen molar-refractivity contribution >= 4 is 39.5 Å². The molecule has 6 atom stereocenters. The number of aliphatic hydroxyl groups is 1. The van der Waals surface area contributed by atoms with Gasteiger partial charge < -0.3 is 33.8 Å². The van der Waals surface area contributed by atoms with Gasteiger partial charge in [-0.3, -0.25) is 37.3 Å². The van der Waals surface area contributed by atoms with E-state index in [1.54, 1.807) is 0 Å². The van der Waals surface area contributed by atoms with E-state index in [1.165, 1.54) is 250 Å². The van der Waals surface area contributed by atoms with Gasteiger partial charge in [-0.2, -0.15) is 0 Å². The van der Waals surface area contributed by atoms with Crippen LogP contribution in [0.15, 0.2) is 0 Å². The monoisotopic (exact) mass is 1480 g/mol. The quantitative estimate of drug-likeness (QED) is 0.0222. The minimum atomic E-state index is -4.96. The van der Waals surface area contributed by atoms with E-state index in [0.717, 1.165) is 102 Å². The van der Waals surface area contributed by atoms with Crippen LogP contribution >= 0.6 is 15.6 Å². The van der Waals surface area contributed by atoms with Crippen LogP contribution in [-0.2, 0) is 65.4 Å². The molecular weight excluding hydrogens is 1320 g/mol. The van der Waals surface area contributed by atoms with Crippen molar-refractivity contribution in [3.8, 4) is 0 Å². The summed E-state index contributed by atoms with van der Waals surface area (Å²) in [5.74, 6) is -0.444. The zero-order valence-electron chi connectivity index (χ0n) is 66.2. The first kappa shape index (κ1) is 99.1. The van der Waals surface area contributed by atoms with Gasteiger partial charge in [0.2, 0.25) is 0 Å². The van der Waals surface area contributed by atoms with Crippen molar-refractivity contribution in [2.45, 2.75) is 452 Å². The zero-order chi connectivity index (χ0) is 74.2. The molecule has 0 radical (unpaired) electrons. The molecule has 0 aliphatic carbocycles. The predicted molar refractivity (Wildman–Crippen MR) is 414 cm³/mol. The molecule has 19 heteroatoms. The molecule has 101 heavy (non-hydrogen) atoms. The number of unbranched alkanes of at least 4 members (excludes halogenated alkanes) is 50. The van der Waals surface area contributed by atoms with Gasteiger partial charge >= 0.3 is 39.5 Å². The van der Waals surface area contributed by atoms with Crippen molar-refractivity contribution in [2.24, 2.45) is 11.8 Å². The summed E-state index contributed by atoms with van der Waals surface area (Å²) in [4.78, 5) is 73.0. The molecule has 0 aliphatic heterocycles. The molecule has 0 aliphatic rings. The Morgan fingerprint density at radius 3 is 0.752 bits per heavy atom. The molecular formula is C82H160O17P2. The van der Waals surface area contributed by atoms with Crippen LogP contribution in [0.3, 0.4) is 0 Å². The van der Waals surface area contributed by atoms with Gasteiger partial charge in [0.25, 0.3) is 0 Å². The van der Waals surface area contributed by atoms with Gasteiger partial charge in [-0.25, -0.2) is 9.13 Å². The topological polar surface area (TPSA) is 237 Å². The highest BCUT2D eigenvalue weighted by Crippen LogP contribution is 2.45. The van der Waals surface area contributed by atoms with E-state index in [0.29, 0.717) is 25.7 Å². The Hall–Kier alpha value is -1.94. The molecule has 0 fully saturated rings. The Bertz CT molecular complexity index is 1940. The third-order valence-electron chi connectivity index (χ3n) is 19.6. The zero-order valence-corrected chi connectivity index (χ0v) is 68.0. The lowest BCUT2D eigenvalue weighted by molar-refractivity contribution is -0.161. The fraction of sp³-hybridized carbons (Fsp3) is 0.951. The maximum atomic E-state index is 13.1. The highest BCUT2D eigenvalue weighted by molar-refractivity contribution is 7.47. The first-order valence-corrected chi connectivity index (χ1v) is 45.5. The van der Waals surface area contributed by atoms with Crippen LogP contribution < -0.4 is 0 Å². The summed E-state index contributed by atoms with van der Waals surface area (Å²) < 4.78 is 68.7. The van der Waals surface area contributed by atoms with E-state index < -0.39 is 97.5 Å². The molecule has 17 nitrogen and oxygen atoms in total. The van der Waals surface area contributed by atoms with E-state index in [1.807, 2.05) is 0 Å². The number of aliphatic hydroxyl groups excluding tert-OH is 1. The van der Waals surface area contributed by atoms with Gasteiger partial charge in [0.15, 0.2) is 12.2 Å². The standard InChI is InChI=1S/C82H160O17P2/c1-7-10-12-14-16-18-20-28-36-42-48-54-60-66-81(86)98-77(70-92-79(84)64-58-52-46-40-19-17-15-13-11-8-2)72-96-100(88,89)94-68-76(83)69-95-101(90,91)97-73-78(71-93-80(85)65-59-53-47-41-35-32-27-29-33-38-44-50-56-62-74(4)5)99-82(87)67-61-55-49-43-37-31-26-24-22-21-23-25-30-34-39-45-51-57-63-75(6)9-3/h74-78,83H,7-73H2,1-6H3,(H,88,89)(H,90,91)/t75?,76-,77+,78+/m0/s1. The minimum Gasteiger partial charge on any atom is -0.462 e. The first-order valence-electron chi connectivity index (χ1n) is 42.5. The third-order valence-corrected chi connectivity index (χ3v) is 21.5. The molecule has 0 aromatic heterocycles. The second-order valence-electron chi connectivity index (χ2n) is 30.2. The van der Waals surface area contributed by atoms with Crippen molar-refractivity contribution in [2.75, 3.05) is 39.6 Å². The van der Waals surface area contributed by atoms with E-state index in [-0.39, 0.29) is 25.7 Å². The number of hydrogen-bond donors (Lipinski definition) is 3. The largest absolute Gasteiger partial charge is 0.472 e. The number of hydrogen-bond acceptors (Lipinski definition) is 15. The van der Waals surface area contributed by atoms with Crippen LogP contribution in [0.4, 0.5) is 0 Å². The number of carbonyl (C=O) groups excluding carboxylic acids is 4. The lowest BCUT2D eigenvalue weighted by Crippen LogP contribution is -2.30. The number of carbonyl (C=O) groups is 4. The van der Waals surface area contributed by atoms with Crippen LogP contribution in [0, 0.1) is 11.8 Å². The van der Waals surface area contributed by atoms with Crippen molar-refractivity contribution in [3.63, 3.8) is 0 Å². The van der Waals surface area contributed by atoms with Crippen LogP contribution in [0.5, 0.6) is 0 Å². The molecule has 3 N–H and O–H groups in total. The first-order chi connectivity index (χ1) is 48.9. The SMILES string of the molecule is CCCCCCCCCCCCCCCC(=O)O[C@H](COC(=O)CCCCCCCCCCCC)COP(=O)(O)OC[C@H](O)COP(=O)(O)OC[C@@H](COC(=O)CCCCCCCCCCCCCCCC(C)C)OC(=O)CCCCCCCCCCCCCCCCCCCCC(C)CC. The van der Waals surface area contributed by atoms with Gasteiger partial charge in [-0.15, -0.1) is 0 Å². The molecule has 0 saturated carbocycles. The average Bonchev–Trinajstić information content (AvgIpc) is 0.938. The Morgan fingerprint density at radius 2 is 0.505 bits per heavy atom. The summed E-state index contributed by atoms with van der Waals surface area (Å²) in [6, 6.07) is 0. The summed E-state index contributed by atoms with van der Waals surface area (Å²) in [7, 11) is -9.92. The maximum absolute atomic E-state index is 13.1. The average molecular weight is 1480 g/mol. The van der Waals surface area contributed by atoms with E-state index in [2.05, 4.69) is 41.5 Å². The molecule has 0 rings (SSSR count). The molecule has 0 amide bonds. The van der Waals surface area contributed by atoms with Gasteiger partial charge in [-0.05, 0) is 37.5 Å². The summed E-state index contributed by atoms with van der Waals surface area (Å²) in [5.41, 5.74) is 0. The summed E-state index contributed by atoms with van der Waals surface area (Å²) >= 11 is 0. The van der Waals surface area contributed by atoms with Crippen LogP contribution in [-0.4, -0.2) is 96.7 Å². The molecule has 0 aromatic rings. The second kappa shape index (κ2) is 73.6. The van der Waals surface area contributed by atoms with Gasteiger partial charge in [-0.1, -0.05) is 382 Å². The fourth-order valence-electron chi connectivity index (χ4n) is 12.7. The lowest BCUT2D eigenvalue weighted by atomic mass is 9.99. The number of phosphoric ester groups is 2. The Morgan fingerprint density at radius 1 is 0.287 bits per heavy atom. The highest BCUT2D eigenvalue weighted by Gasteiger charge is 2.30. The van der Waals surface area contributed by atoms with Gasteiger partial charge in [0.05, 0.1) is 26.4 Å². The predicted octanol–water partition coefficient (Wildman–Crippen LogP) is 24.7. The summed E-state index contributed by atoms with van der Waals surface area (Å²) in [6.45, 7) is 9.72. The van der Waals surface area contributed by atoms with Gasteiger partial charge in [0.1, 0.15) is 19.3 Å².